The van der Waals surface area contributed by atoms with Crippen LogP contribution in [0.2, 0.25) is 0 Å². The lowest BCUT2D eigenvalue weighted by molar-refractivity contribution is 0.355. The number of ether oxygens (including phenoxy) is 2. The number of thiophene rings is 1. The smallest absolute Gasteiger partial charge is 0.259 e. The largest absolute Gasteiger partial charge is 0.493 e. The van der Waals surface area contributed by atoms with Crippen molar-refractivity contribution in [2.75, 3.05) is 14.2 Å². The molecule has 6 heteroatoms. The molecule has 0 aliphatic rings. The van der Waals surface area contributed by atoms with E-state index in [0.717, 1.165) is 59.7 Å². The van der Waals surface area contributed by atoms with E-state index in [9.17, 15) is 4.79 Å². The summed E-state index contributed by atoms with van der Waals surface area (Å²) < 4.78 is 13.6. The van der Waals surface area contributed by atoms with E-state index in [-0.39, 0.29) is 5.56 Å². The molecule has 0 saturated carbocycles. The normalized spacial score (nSPS) is 13.3. The summed E-state index contributed by atoms with van der Waals surface area (Å²) in [5.41, 5.74) is 8.34. The van der Waals surface area contributed by atoms with Crippen molar-refractivity contribution in [1.29, 1.82) is 0 Å². The average Bonchev–Trinajstić information content (AvgIpc) is 3.22. The summed E-state index contributed by atoms with van der Waals surface area (Å²) >= 11 is 1.74. The molecular weight excluding hydrogens is 420 g/mol. The van der Waals surface area contributed by atoms with Gasteiger partial charge in [-0.3, -0.25) is 4.79 Å². The zero-order chi connectivity index (χ0) is 23.3. The van der Waals surface area contributed by atoms with E-state index >= 15 is 0 Å². The highest BCUT2D eigenvalue weighted by Crippen LogP contribution is 2.38. The van der Waals surface area contributed by atoms with Crippen molar-refractivity contribution in [1.82, 2.24) is 4.57 Å². The van der Waals surface area contributed by atoms with E-state index in [0.29, 0.717) is 23.5 Å². The van der Waals surface area contributed by atoms with Crippen molar-refractivity contribution >= 4 is 21.4 Å². The lowest BCUT2D eigenvalue weighted by Crippen LogP contribution is -2.20. The van der Waals surface area contributed by atoms with Crippen LogP contribution in [0.15, 0.2) is 35.3 Å². The molecule has 2 heterocycles. The molecule has 1 aromatic carbocycles. The van der Waals surface area contributed by atoms with Crippen LogP contribution in [0.5, 0.6) is 11.5 Å². The Kier molecular flexibility index (Phi) is 8.38. The summed E-state index contributed by atoms with van der Waals surface area (Å²) in [6.07, 6.45) is 8.45. The minimum Gasteiger partial charge on any atom is -0.493 e. The van der Waals surface area contributed by atoms with Gasteiger partial charge in [-0.2, -0.15) is 0 Å². The quantitative estimate of drug-likeness (QED) is 0.398. The highest BCUT2D eigenvalue weighted by Gasteiger charge is 2.17. The van der Waals surface area contributed by atoms with E-state index in [4.69, 9.17) is 15.2 Å². The van der Waals surface area contributed by atoms with E-state index in [2.05, 4.69) is 19.9 Å². The topological polar surface area (TPSA) is 66.5 Å². The van der Waals surface area contributed by atoms with Crippen molar-refractivity contribution in [2.24, 2.45) is 18.7 Å². The zero-order valence-corrected chi connectivity index (χ0v) is 20.8. The number of aryl methyl sites for hydroxylation is 1. The maximum atomic E-state index is 12.9. The van der Waals surface area contributed by atoms with Gasteiger partial charge in [-0.15, -0.1) is 11.3 Å². The third kappa shape index (κ3) is 5.36. The van der Waals surface area contributed by atoms with Crippen molar-refractivity contribution in [3.8, 4) is 22.6 Å². The lowest BCUT2D eigenvalue weighted by Gasteiger charge is -2.17. The maximum absolute atomic E-state index is 12.9. The number of nitrogens with two attached hydrogens (primary N) is 1. The van der Waals surface area contributed by atoms with E-state index in [1.807, 2.05) is 31.4 Å². The Morgan fingerprint density at radius 1 is 1.06 bits per heavy atom. The maximum Gasteiger partial charge on any atom is 0.259 e. The van der Waals surface area contributed by atoms with Gasteiger partial charge in [0.05, 0.1) is 19.6 Å². The molecule has 32 heavy (non-hydrogen) atoms. The number of nitrogens with zero attached hydrogens (tertiary/aromatic N) is 1. The van der Waals surface area contributed by atoms with Gasteiger partial charge in [-0.25, -0.2) is 0 Å². The molecular formula is C26H36N2O3S. The molecule has 3 aromatic rings. The van der Waals surface area contributed by atoms with Crippen LogP contribution in [0.1, 0.15) is 50.8 Å². The first-order chi connectivity index (χ1) is 15.4. The summed E-state index contributed by atoms with van der Waals surface area (Å²) in [7, 11) is 5.08. The van der Waals surface area contributed by atoms with Crippen LogP contribution in [0, 0.1) is 5.92 Å². The molecule has 0 amide bonds. The number of rotatable bonds is 11. The van der Waals surface area contributed by atoms with Crippen LogP contribution in [0.25, 0.3) is 21.2 Å². The predicted octanol–water partition coefficient (Wildman–Crippen LogP) is 5.76. The van der Waals surface area contributed by atoms with E-state index < -0.39 is 0 Å². The molecule has 0 aliphatic heterocycles. The standard InChI is InChI=1S/C26H36N2O3S/c1-6-8-19(27)11-9-17(7-2)13-20-15-21-25(32-20)22(16-28(3)26(21)29)18-10-12-23(30-4)24(14-18)31-5/h10,12,14-17,19H,6-9,11,13,27H2,1-5H3. The lowest BCUT2D eigenvalue weighted by atomic mass is 9.92. The molecule has 0 aliphatic carbocycles. The molecule has 5 nitrogen and oxygen atoms in total. The fourth-order valence-electron chi connectivity index (χ4n) is 4.31. The predicted molar refractivity (Wildman–Crippen MR) is 135 cm³/mol. The Morgan fingerprint density at radius 2 is 1.81 bits per heavy atom. The fraction of sp³-hybridized carbons (Fsp3) is 0.500. The first kappa shape index (κ1) is 24.3. The highest BCUT2D eigenvalue weighted by molar-refractivity contribution is 7.19. The Balaban J connectivity index is 1.96. The van der Waals surface area contributed by atoms with Gasteiger partial charge < -0.3 is 19.8 Å². The van der Waals surface area contributed by atoms with Crippen molar-refractivity contribution in [3.05, 3.63) is 45.7 Å². The zero-order valence-electron chi connectivity index (χ0n) is 19.9. The van der Waals surface area contributed by atoms with Gasteiger partial charge >= 0.3 is 0 Å². The Bertz CT molecular complexity index is 1100. The first-order valence-corrected chi connectivity index (χ1v) is 12.3. The van der Waals surface area contributed by atoms with Crippen molar-refractivity contribution in [3.63, 3.8) is 0 Å². The summed E-state index contributed by atoms with van der Waals surface area (Å²) in [5, 5.41) is 0.789. The van der Waals surface area contributed by atoms with Crippen LogP contribution in [-0.4, -0.2) is 24.8 Å². The van der Waals surface area contributed by atoms with Crippen molar-refractivity contribution < 1.29 is 9.47 Å². The second-order valence-electron chi connectivity index (χ2n) is 8.59. The monoisotopic (exact) mass is 456 g/mol. The molecule has 2 unspecified atom stereocenters. The van der Waals surface area contributed by atoms with Crippen LogP contribution in [0.3, 0.4) is 0 Å². The minimum atomic E-state index is 0.0461. The first-order valence-electron chi connectivity index (χ1n) is 11.5. The molecule has 0 spiro atoms. The number of methoxy groups -OCH3 is 2. The SMILES string of the molecule is CCCC(N)CCC(CC)Cc1cc2c(=O)n(C)cc(-c3ccc(OC)c(OC)c3)c2s1. The molecule has 0 bridgehead atoms. The van der Waals surface area contributed by atoms with Gasteiger partial charge in [0.1, 0.15) is 0 Å². The number of hydrogen-bond acceptors (Lipinski definition) is 5. The summed E-state index contributed by atoms with van der Waals surface area (Å²) in [5.74, 6) is 1.95. The molecule has 2 N–H and O–H groups in total. The van der Waals surface area contributed by atoms with Crippen molar-refractivity contribution in [2.45, 2.75) is 58.4 Å². The molecule has 3 rings (SSSR count). The molecule has 2 atom stereocenters. The van der Waals surface area contributed by atoms with Gasteiger partial charge in [0, 0.05) is 34.4 Å². The number of aromatic nitrogens is 1. The Labute approximate surface area is 195 Å². The molecule has 0 fully saturated rings. The number of benzene rings is 1. The summed E-state index contributed by atoms with van der Waals surface area (Å²) in [4.78, 5) is 14.2. The molecule has 0 radical (unpaired) electrons. The number of hydrogen-bond donors (Lipinski definition) is 1. The van der Waals surface area contributed by atoms with Gasteiger partial charge in [0.15, 0.2) is 11.5 Å². The average molecular weight is 457 g/mol. The third-order valence-corrected chi connectivity index (χ3v) is 7.46. The van der Waals surface area contributed by atoms with Crippen LogP contribution < -0.4 is 20.8 Å². The van der Waals surface area contributed by atoms with Gasteiger partial charge in [0.2, 0.25) is 0 Å². The third-order valence-electron chi connectivity index (χ3n) is 6.27. The highest BCUT2D eigenvalue weighted by atomic mass is 32.1. The summed E-state index contributed by atoms with van der Waals surface area (Å²) in [6.45, 7) is 4.43. The minimum absolute atomic E-state index is 0.0461. The Hall–Kier alpha value is -2.31. The van der Waals surface area contributed by atoms with Gasteiger partial charge in [-0.1, -0.05) is 32.8 Å². The van der Waals surface area contributed by atoms with Gasteiger partial charge in [0.25, 0.3) is 5.56 Å². The second kappa shape index (κ2) is 11.0. The molecule has 174 valence electrons. The van der Waals surface area contributed by atoms with Crippen LogP contribution in [0.4, 0.5) is 0 Å². The van der Waals surface area contributed by atoms with E-state index in [1.54, 1.807) is 30.1 Å². The second-order valence-corrected chi connectivity index (χ2v) is 9.73. The molecule has 2 aromatic heterocycles. The van der Waals surface area contributed by atoms with Crippen LogP contribution in [-0.2, 0) is 13.5 Å². The Morgan fingerprint density at radius 3 is 2.47 bits per heavy atom. The summed E-state index contributed by atoms with van der Waals surface area (Å²) in [6, 6.07) is 8.29. The van der Waals surface area contributed by atoms with Gasteiger partial charge in [-0.05, 0) is 55.4 Å². The number of fused-ring (bicyclic) bond motifs is 1. The van der Waals surface area contributed by atoms with E-state index in [1.165, 1.54) is 4.88 Å². The number of pyridine rings is 1. The molecule has 0 saturated heterocycles. The fourth-order valence-corrected chi connectivity index (χ4v) is 5.61. The van der Waals surface area contributed by atoms with Crippen LogP contribution >= 0.6 is 11.3 Å².